The molecule has 1 atom stereocenters. The molecule has 0 radical (unpaired) electrons. The first-order valence-electron chi connectivity index (χ1n) is 6.90. The molecule has 7 nitrogen and oxygen atoms in total. The summed E-state index contributed by atoms with van der Waals surface area (Å²) in [6.07, 6.45) is 0. The predicted molar refractivity (Wildman–Crippen MR) is 85.5 cm³/mol. The molecule has 0 saturated carbocycles. The third-order valence-corrected chi connectivity index (χ3v) is 5.61. The van der Waals surface area contributed by atoms with Gasteiger partial charge in [-0.2, -0.15) is 0 Å². The number of urea groups is 1. The smallest absolute Gasteiger partial charge is 0.321 e. The van der Waals surface area contributed by atoms with Crippen LogP contribution in [0.2, 0.25) is 0 Å². The standard InChI is InChI=1S/C14H19N3O4S/c1-10-4-5-11(17(19)20)8-12(10)15-13(18)16-6-7-22(21)14(2,3)9-16/h4-5,8H,6-7,9H2,1-3H3,(H,15,18)/t22-/m1/s1. The SMILES string of the molecule is Cc1ccc([N+](=O)[O-])cc1NC(=O)N1CC[S@@](=O)C(C)(C)C1. The highest BCUT2D eigenvalue weighted by molar-refractivity contribution is 7.86. The van der Waals surface area contributed by atoms with Crippen LogP contribution in [-0.2, 0) is 10.8 Å². The number of carbonyl (C=O) groups excluding carboxylic acids is 1. The van der Waals surface area contributed by atoms with Crippen molar-refractivity contribution in [2.24, 2.45) is 0 Å². The zero-order chi connectivity index (χ0) is 16.5. The van der Waals surface area contributed by atoms with Crippen molar-refractivity contribution < 1.29 is 13.9 Å². The van der Waals surface area contributed by atoms with Gasteiger partial charge < -0.3 is 10.2 Å². The Morgan fingerprint density at radius 1 is 1.45 bits per heavy atom. The van der Waals surface area contributed by atoms with E-state index in [0.717, 1.165) is 5.56 Å². The van der Waals surface area contributed by atoms with Crippen LogP contribution in [-0.4, -0.2) is 43.7 Å². The fourth-order valence-corrected chi connectivity index (χ4v) is 3.54. The van der Waals surface area contributed by atoms with Gasteiger partial charge in [-0.05, 0) is 26.3 Å². The van der Waals surface area contributed by atoms with Crippen LogP contribution in [0.1, 0.15) is 19.4 Å². The number of hydrogen-bond acceptors (Lipinski definition) is 4. The number of nitro benzene ring substituents is 1. The van der Waals surface area contributed by atoms with E-state index in [1.165, 1.54) is 12.1 Å². The molecule has 2 rings (SSSR count). The first-order chi connectivity index (χ1) is 10.2. The number of benzene rings is 1. The average molecular weight is 325 g/mol. The molecule has 1 aliphatic rings. The maximum atomic E-state index is 12.3. The van der Waals surface area contributed by atoms with Crippen LogP contribution in [0.25, 0.3) is 0 Å². The van der Waals surface area contributed by atoms with Crippen molar-refractivity contribution >= 4 is 28.2 Å². The van der Waals surface area contributed by atoms with Gasteiger partial charge >= 0.3 is 6.03 Å². The van der Waals surface area contributed by atoms with Gasteiger partial charge in [0.1, 0.15) is 0 Å². The topological polar surface area (TPSA) is 92.6 Å². The Labute approximate surface area is 131 Å². The molecule has 1 aliphatic heterocycles. The lowest BCUT2D eigenvalue weighted by molar-refractivity contribution is -0.384. The Morgan fingerprint density at radius 3 is 2.73 bits per heavy atom. The summed E-state index contributed by atoms with van der Waals surface area (Å²) in [5, 5.41) is 13.5. The number of non-ortho nitro benzene ring substituents is 1. The number of rotatable bonds is 2. The number of anilines is 1. The molecule has 1 aromatic carbocycles. The number of carbonyl (C=O) groups is 1. The van der Waals surface area contributed by atoms with Gasteiger partial charge in [0.2, 0.25) is 0 Å². The highest BCUT2D eigenvalue weighted by Gasteiger charge is 2.35. The van der Waals surface area contributed by atoms with Crippen molar-refractivity contribution in [1.82, 2.24) is 4.90 Å². The largest absolute Gasteiger partial charge is 0.322 e. The minimum absolute atomic E-state index is 0.0685. The van der Waals surface area contributed by atoms with E-state index in [1.807, 2.05) is 13.8 Å². The maximum Gasteiger partial charge on any atom is 0.321 e. The Bertz CT molecular complexity index is 645. The van der Waals surface area contributed by atoms with Crippen molar-refractivity contribution in [2.45, 2.75) is 25.5 Å². The first kappa shape index (κ1) is 16.4. The predicted octanol–water partition coefficient (Wildman–Crippen LogP) is 2.28. The molecule has 1 aromatic rings. The molecule has 120 valence electrons. The van der Waals surface area contributed by atoms with E-state index in [0.29, 0.717) is 24.5 Å². The van der Waals surface area contributed by atoms with Crippen molar-refractivity contribution in [2.75, 3.05) is 24.2 Å². The van der Waals surface area contributed by atoms with E-state index < -0.39 is 20.5 Å². The monoisotopic (exact) mass is 325 g/mol. The minimum Gasteiger partial charge on any atom is -0.322 e. The molecule has 1 fully saturated rings. The fraction of sp³-hybridized carbons (Fsp3) is 0.500. The summed E-state index contributed by atoms with van der Waals surface area (Å²) in [5.41, 5.74) is 1.10. The Hall–Kier alpha value is -1.96. The summed E-state index contributed by atoms with van der Waals surface area (Å²) in [5.74, 6) is 0.439. The fourth-order valence-electron chi connectivity index (χ4n) is 2.31. The van der Waals surface area contributed by atoms with Gasteiger partial charge in [-0.25, -0.2) is 4.79 Å². The van der Waals surface area contributed by atoms with E-state index in [-0.39, 0.29) is 11.7 Å². The van der Waals surface area contributed by atoms with Crippen LogP contribution >= 0.6 is 0 Å². The minimum atomic E-state index is -0.959. The first-order valence-corrected chi connectivity index (χ1v) is 8.22. The average Bonchev–Trinajstić information content (AvgIpc) is 2.43. The molecule has 8 heteroatoms. The van der Waals surface area contributed by atoms with E-state index in [1.54, 1.807) is 17.9 Å². The maximum absolute atomic E-state index is 12.3. The third kappa shape index (κ3) is 3.44. The number of nitro groups is 1. The molecule has 1 saturated heterocycles. The van der Waals surface area contributed by atoms with Gasteiger partial charge in [-0.15, -0.1) is 0 Å². The van der Waals surface area contributed by atoms with Crippen LogP contribution in [0.5, 0.6) is 0 Å². The van der Waals surface area contributed by atoms with Crippen LogP contribution < -0.4 is 5.32 Å². The van der Waals surface area contributed by atoms with Crippen molar-refractivity contribution in [3.8, 4) is 0 Å². The van der Waals surface area contributed by atoms with Gasteiger partial charge in [0, 0.05) is 41.8 Å². The molecule has 0 bridgehead atoms. The number of nitrogens with zero attached hydrogens (tertiary/aromatic N) is 2. The molecular weight excluding hydrogens is 306 g/mol. The highest BCUT2D eigenvalue weighted by Crippen LogP contribution is 2.24. The molecule has 0 aromatic heterocycles. The molecule has 0 unspecified atom stereocenters. The summed E-state index contributed by atoms with van der Waals surface area (Å²) in [6.45, 7) is 6.30. The van der Waals surface area contributed by atoms with E-state index in [9.17, 15) is 19.1 Å². The lowest BCUT2D eigenvalue weighted by Gasteiger charge is -2.37. The lowest BCUT2D eigenvalue weighted by Crippen LogP contribution is -2.53. The molecule has 1 heterocycles. The third-order valence-electron chi connectivity index (χ3n) is 3.70. The summed E-state index contributed by atoms with van der Waals surface area (Å²) in [7, 11) is -0.959. The Morgan fingerprint density at radius 2 is 2.14 bits per heavy atom. The molecule has 0 spiro atoms. The Balaban J connectivity index is 2.14. The van der Waals surface area contributed by atoms with Crippen LogP contribution in [0.4, 0.5) is 16.2 Å². The van der Waals surface area contributed by atoms with Gasteiger partial charge in [-0.3, -0.25) is 14.3 Å². The number of amides is 2. The van der Waals surface area contributed by atoms with Crippen LogP contribution in [0.3, 0.4) is 0 Å². The van der Waals surface area contributed by atoms with E-state index in [2.05, 4.69) is 5.32 Å². The van der Waals surface area contributed by atoms with E-state index in [4.69, 9.17) is 0 Å². The zero-order valence-corrected chi connectivity index (χ0v) is 13.6. The Kier molecular flexibility index (Phi) is 4.50. The van der Waals surface area contributed by atoms with Gasteiger partial charge in [0.25, 0.3) is 5.69 Å². The number of aryl methyl sites for hydroxylation is 1. The lowest BCUT2D eigenvalue weighted by atomic mass is 10.1. The zero-order valence-electron chi connectivity index (χ0n) is 12.8. The summed E-state index contributed by atoms with van der Waals surface area (Å²) in [6, 6.07) is 4.02. The molecule has 2 amide bonds. The normalized spacial score (nSPS) is 20.5. The number of hydrogen-bond donors (Lipinski definition) is 1. The van der Waals surface area contributed by atoms with Crippen LogP contribution in [0.15, 0.2) is 18.2 Å². The van der Waals surface area contributed by atoms with Gasteiger partial charge in [0.05, 0.1) is 15.4 Å². The van der Waals surface area contributed by atoms with Crippen molar-refractivity contribution in [3.63, 3.8) is 0 Å². The van der Waals surface area contributed by atoms with Crippen LogP contribution in [0, 0.1) is 17.0 Å². The molecule has 0 aliphatic carbocycles. The second kappa shape index (κ2) is 6.04. The van der Waals surface area contributed by atoms with Crippen molar-refractivity contribution in [3.05, 3.63) is 33.9 Å². The number of nitrogens with one attached hydrogen (secondary N) is 1. The van der Waals surface area contributed by atoms with E-state index >= 15 is 0 Å². The quantitative estimate of drug-likeness (QED) is 0.667. The second-order valence-electron chi connectivity index (χ2n) is 5.92. The van der Waals surface area contributed by atoms with Gasteiger partial charge in [0.15, 0.2) is 0 Å². The molecule has 1 N–H and O–H groups in total. The summed E-state index contributed by atoms with van der Waals surface area (Å²) >= 11 is 0. The highest BCUT2D eigenvalue weighted by atomic mass is 32.2. The second-order valence-corrected chi connectivity index (χ2v) is 8.12. The molecular formula is C14H19N3O4S. The van der Waals surface area contributed by atoms with Gasteiger partial charge in [-0.1, -0.05) is 6.07 Å². The summed E-state index contributed by atoms with van der Waals surface area (Å²) in [4.78, 5) is 24.3. The van der Waals surface area contributed by atoms with Crippen molar-refractivity contribution in [1.29, 1.82) is 0 Å². The summed E-state index contributed by atoms with van der Waals surface area (Å²) < 4.78 is 11.4. The molecule has 22 heavy (non-hydrogen) atoms.